The lowest BCUT2D eigenvalue weighted by molar-refractivity contribution is -0.117. The van der Waals surface area contributed by atoms with E-state index in [0.29, 0.717) is 24.6 Å². The third kappa shape index (κ3) is 7.56. The molecule has 2 rings (SSSR count). The second kappa shape index (κ2) is 11.3. The number of carbonyl (C=O) groups excluding carboxylic acids is 1. The quantitative estimate of drug-likeness (QED) is 0.505. The van der Waals surface area contributed by atoms with E-state index in [0.717, 1.165) is 12.1 Å². The van der Waals surface area contributed by atoms with Gasteiger partial charge in [-0.25, -0.2) is 0 Å². The summed E-state index contributed by atoms with van der Waals surface area (Å²) in [4.78, 5) is 12.9. The summed E-state index contributed by atoms with van der Waals surface area (Å²) < 4.78 is 11.1. The number of ether oxygens (including phenoxy) is 2. The average Bonchev–Trinajstić information content (AvgIpc) is 2.67. The van der Waals surface area contributed by atoms with E-state index in [-0.39, 0.29) is 13.2 Å². The number of methoxy groups -OCH3 is 1. The maximum atomic E-state index is 10.8. The maximum absolute atomic E-state index is 10.8. The summed E-state index contributed by atoms with van der Waals surface area (Å²) in [5.74, 6) is 0.724. The van der Waals surface area contributed by atoms with Gasteiger partial charge in [-0.05, 0) is 30.3 Å². The van der Waals surface area contributed by atoms with Crippen molar-refractivity contribution in [3.63, 3.8) is 0 Å². The molecule has 4 N–H and O–H groups in total. The van der Waals surface area contributed by atoms with Crippen molar-refractivity contribution in [3.8, 4) is 11.5 Å². The van der Waals surface area contributed by atoms with Crippen LogP contribution in [0.15, 0.2) is 48.5 Å². The number of amides is 1. The molecule has 0 saturated heterocycles. The van der Waals surface area contributed by atoms with Crippen LogP contribution in [0.3, 0.4) is 0 Å². The largest absolute Gasteiger partial charge is 0.493 e. The Morgan fingerprint density at radius 2 is 1.93 bits per heavy atom. The van der Waals surface area contributed by atoms with Gasteiger partial charge in [0.05, 0.1) is 13.7 Å². The maximum Gasteiger partial charge on any atom is 0.231 e. The van der Waals surface area contributed by atoms with Crippen LogP contribution in [0.5, 0.6) is 11.5 Å². The first kappa shape index (κ1) is 21.7. The molecule has 0 heterocycles. The number of primary amides is 1. The van der Waals surface area contributed by atoms with E-state index < -0.39 is 12.0 Å². The molecular formula is C21H29N3O4. The molecule has 7 nitrogen and oxygen atoms in total. The topological polar surface area (TPSA) is 97.0 Å². The van der Waals surface area contributed by atoms with Gasteiger partial charge in [0.15, 0.2) is 11.5 Å². The van der Waals surface area contributed by atoms with Crippen LogP contribution in [-0.2, 0) is 17.9 Å². The lowest BCUT2D eigenvalue weighted by Gasteiger charge is -2.21. The van der Waals surface area contributed by atoms with E-state index in [1.165, 1.54) is 5.56 Å². The Hall–Kier alpha value is -2.61. The molecule has 0 aliphatic carbocycles. The highest BCUT2D eigenvalue weighted by Gasteiger charge is 2.12. The Morgan fingerprint density at radius 3 is 2.61 bits per heavy atom. The van der Waals surface area contributed by atoms with Gasteiger partial charge in [0.2, 0.25) is 5.91 Å². The number of aliphatic hydroxyl groups is 1. The lowest BCUT2D eigenvalue weighted by Crippen LogP contribution is -2.32. The van der Waals surface area contributed by atoms with E-state index in [2.05, 4.69) is 17.4 Å². The van der Waals surface area contributed by atoms with Crippen molar-refractivity contribution in [1.82, 2.24) is 10.2 Å². The van der Waals surface area contributed by atoms with E-state index >= 15 is 0 Å². The van der Waals surface area contributed by atoms with Crippen molar-refractivity contribution in [2.75, 3.05) is 33.9 Å². The van der Waals surface area contributed by atoms with Crippen LogP contribution < -0.4 is 20.5 Å². The molecule has 0 spiro atoms. The predicted molar refractivity (Wildman–Crippen MR) is 108 cm³/mol. The molecule has 2 aromatic rings. The Bertz CT molecular complexity index is 740. The number of benzene rings is 2. The van der Waals surface area contributed by atoms with Gasteiger partial charge in [0.25, 0.3) is 0 Å². The standard InChI is InChI=1S/C21H29N3O4/c1-24(13-16-6-4-3-5-7-16)14-18(25)15-28-20-10-17(8-9-19(20)27-2)11-23-12-21(22)26/h3-10,18,23,25H,11-15H2,1-2H3,(H2,22,26). The van der Waals surface area contributed by atoms with Crippen molar-refractivity contribution in [3.05, 3.63) is 59.7 Å². The molecule has 0 fully saturated rings. The van der Waals surface area contributed by atoms with Crippen LogP contribution in [-0.4, -0.2) is 55.9 Å². The molecule has 152 valence electrons. The minimum absolute atomic E-state index is 0.106. The van der Waals surface area contributed by atoms with Crippen molar-refractivity contribution < 1.29 is 19.4 Å². The fraction of sp³-hybridized carbons (Fsp3) is 0.381. The number of hydrogen-bond acceptors (Lipinski definition) is 6. The van der Waals surface area contributed by atoms with Crippen LogP contribution in [0.1, 0.15) is 11.1 Å². The Kier molecular flexibility index (Phi) is 8.74. The molecule has 2 aromatic carbocycles. The van der Waals surface area contributed by atoms with Gasteiger partial charge in [-0.15, -0.1) is 0 Å². The summed E-state index contributed by atoms with van der Waals surface area (Å²) in [6.07, 6.45) is -0.643. The number of rotatable bonds is 12. The fourth-order valence-corrected chi connectivity index (χ4v) is 2.83. The van der Waals surface area contributed by atoms with Crippen LogP contribution >= 0.6 is 0 Å². The summed E-state index contributed by atoms with van der Waals surface area (Å²) >= 11 is 0. The summed E-state index contributed by atoms with van der Waals surface area (Å²) in [7, 11) is 3.53. The SMILES string of the molecule is COc1ccc(CNCC(N)=O)cc1OCC(O)CN(C)Cc1ccccc1. The summed E-state index contributed by atoms with van der Waals surface area (Å²) in [6.45, 7) is 1.97. The third-order valence-corrected chi connectivity index (χ3v) is 4.11. The Balaban J connectivity index is 1.86. The highest BCUT2D eigenvalue weighted by Crippen LogP contribution is 2.28. The van der Waals surface area contributed by atoms with Crippen molar-refractivity contribution >= 4 is 5.91 Å². The fourth-order valence-electron chi connectivity index (χ4n) is 2.83. The van der Waals surface area contributed by atoms with E-state index in [1.54, 1.807) is 13.2 Å². The zero-order valence-electron chi connectivity index (χ0n) is 16.4. The number of nitrogens with two attached hydrogens (primary N) is 1. The first-order chi connectivity index (χ1) is 13.5. The summed E-state index contributed by atoms with van der Waals surface area (Å²) in [5.41, 5.74) is 7.24. The summed E-state index contributed by atoms with van der Waals surface area (Å²) in [5, 5.41) is 13.3. The number of nitrogens with zero attached hydrogens (tertiary/aromatic N) is 1. The molecule has 0 bridgehead atoms. The van der Waals surface area contributed by atoms with E-state index in [9.17, 15) is 9.90 Å². The smallest absolute Gasteiger partial charge is 0.231 e. The number of carbonyl (C=O) groups is 1. The van der Waals surface area contributed by atoms with Crippen LogP contribution in [0.4, 0.5) is 0 Å². The molecule has 0 aliphatic heterocycles. The molecule has 0 aliphatic rings. The molecule has 7 heteroatoms. The number of aliphatic hydroxyl groups excluding tert-OH is 1. The molecular weight excluding hydrogens is 358 g/mol. The Morgan fingerprint density at radius 1 is 1.18 bits per heavy atom. The second-order valence-corrected chi connectivity index (χ2v) is 6.70. The number of likely N-dealkylation sites (N-methyl/N-ethyl adjacent to an activating group) is 1. The molecule has 1 atom stereocenters. The molecule has 1 unspecified atom stereocenters. The highest BCUT2D eigenvalue weighted by atomic mass is 16.5. The number of hydrogen-bond donors (Lipinski definition) is 3. The van der Waals surface area contributed by atoms with Crippen molar-refractivity contribution in [1.29, 1.82) is 0 Å². The first-order valence-electron chi connectivity index (χ1n) is 9.17. The number of nitrogens with one attached hydrogen (secondary N) is 1. The molecule has 28 heavy (non-hydrogen) atoms. The third-order valence-electron chi connectivity index (χ3n) is 4.11. The summed E-state index contributed by atoms with van der Waals surface area (Å²) in [6, 6.07) is 15.6. The van der Waals surface area contributed by atoms with Gasteiger partial charge in [-0.1, -0.05) is 36.4 Å². The molecule has 1 amide bonds. The second-order valence-electron chi connectivity index (χ2n) is 6.70. The highest BCUT2D eigenvalue weighted by molar-refractivity contribution is 5.75. The van der Waals surface area contributed by atoms with Gasteiger partial charge in [-0.2, -0.15) is 0 Å². The van der Waals surface area contributed by atoms with Gasteiger partial charge < -0.3 is 25.6 Å². The lowest BCUT2D eigenvalue weighted by atomic mass is 10.2. The molecule has 0 saturated carbocycles. The normalized spacial score (nSPS) is 12.0. The van der Waals surface area contributed by atoms with Crippen molar-refractivity contribution in [2.24, 2.45) is 5.73 Å². The van der Waals surface area contributed by atoms with Gasteiger partial charge in [-0.3, -0.25) is 9.69 Å². The van der Waals surface area contributed by atoms with Gasteiger partial charge in [0, 0.05) is 19.6 Å². The minimum atomic E-state index is -0.643. The van der Waals surface area contributed by atoms with E-state index in [1.807, 2.05) is 42.3 Å². The van der Waals surface area contributed by atoms with E-state index in [4.69, 9.17) is 15.2 Å². The van der Waals surface area contributed by atoms with Crippen LogP contribution in [0, 0.1) is 0 Å². The monoisotopic (exact) mass is 387 g/mol. The molecule has 0 radical (unpaired) electrons. The van der Waals surface area contributed by atoms with Crippen molar-refractivity contribution in [2.45, 2.75) is 19.2 Å². The zero-order chi connectivity index (χ0) is 20.4. The Labute approximate surface area is 166 Å². The first-order valence-corrected chi connectivity index (χ1v) is 9.17. The molecule has 0 aromatic heterocycles. The van der Waals surface area contributed by atoms with Crippen LogP contribution in [0.25, 0.3) is 0 Å². The zero-order valence-corrected chi connectivity index (χ0v) is 16.4. The average molecular weight is 387 g/mol. The minimum Gasteiger partial charge on any atom is -0.493 e. The van der Waals surface area contributed by atoms with Gasteiger partial charge >= 0.3 is 0 Å². The van der Waals surface area contributed by atoms with Crippen LogP contribution in [0.2, 0.25) is 0 Å². The predicted octanol–water partition coefficient (Wildman–Crippen LogP) is 1.14. The van der Waals surface area contributed by atoms with Gasteiger partial charge in [0.1, 0.15) is 12.7 Å².